The number of hydrogen-bond donors (Lipinski definition) is 1. The quantitative estimate of drug-likeness (QED) is 0.633. The van der Waals surface area contributed by atoms with Crippen molar-refractivity contribution in [1.82, 2.24) is 15.1 Å². The number of halogens is 1. The molecule has 0 fully saturated rings. The fourth-order valence-corrected chi connectivity index (χ4v) is 3.01. The van der Waals surface area contributed by atoms with Crippen molar-refractivity contribution < 1.29 is 9.53 Å². The number of carbonyl (C=O) groups excluding carboxylic acids is 1. The number of amides is 1. The summed E-state index contributed by atoms with van der Waals surface area (Å²) < 4.78 is 8.44. The first-order chi connectivity index (χ1) is 9.77. The number of nitrogens with one attached hydrogen (secondary N) is 1. The van der Waals surface area contributed by atoms with Crippen LogP contribution in [0, 0.1) is 0 Å². The summed E-state index contributed by atoms with van der Waals surface area (Å²) in [5.41, 5.74) is 2.95. The molecule has 2 heterocycles. The van der Waals surface area contributed by atoms with Gasteiger partial charge in [-0.15, -0.1) is 0 Å². The lowest BCUT2D eigenvalue weighted by atomic mass is 10.1. The zero-order chi connectivity index (χ0) is 14.4. The van der Waals surface area contributed by atoms with E-state index in [-0.39, 0.29) is 5.91 Å². The summed E-state index contributed by atoms with van der Waals surface area (Å²) in [7, 11) is 0. The number of alkyl halides is 1. The minimum Gasteiger partial charge on any atom is -0.381 e. The van der Waals surface area contributed by atoms with E-state index in [2.05, 4.69) is 33.0 Å². The van der Waals surface area contributed by atoms with Crippen molar-refractivity contribution in [2.75, 3.05) is 24.2 Å². The molecular formula is C14H22IN3O2. The van der Waals surface area contributed by atoms with Gasteiger partial charge in [0.05, 0.1) is 5.69 Å². The van der Waals surface area contributed by atoms with Gasteiger partial charge in [0.1, 0.15) is 5.69 Å². The molecule has 1 amide bonds. The maximum absolute atomic E-state index is 12.4. The Morgan fingerprint density at radius 2 is 2.20 bits per heavy atom. The maximum Gasteiger partial charge on any atom is 0.269 e. The summed E-state index contributed by atoms with van der Waals surface area (Å²) in [6.45, 7) is 4.90. The van der Waals surface area contributed by atoms with Gasteiger partial charge >= 0.3 is 0 Å². The Kier molecular flexibility index (Phi) is 6.28. The lowest BCUT2D eigenvalue weighted by Gasteiger charge is -2.08. The van der Waals surface area contributed by atoms with Crippen molar-refractivity contribution in [2.45, 2.75) is 39.2 Å². The molecule has 1 aromatic heterocycles. The Bertz CT molecular complexity index is 460. The first kappa shape index (κ1) is 15.8. The highest BCUT2D eigenvalue weighted by molar-refractivity contribution is 14.1. The summed E-state index contributed by atoms with van der Waals surface area (Å²) in [4.78, 5) is 12.4. The van der Waals surface area contributed by atoms with Crippen molar-refractivity contribution in [2.24, 2.45) is 0 Å². The van der Waals surface area contributed by atoms with Gasteiger partial charge in [-0.3, -0.25) is 9.48 Å². The summed E-state index contributed by atoms with van der Waals surface area (Å²) in [5.74, 6) is 0.0101. The second-order valence-electron chi connectivity index (χ2n) is 4.85. The average molecular weight is 391 g/mol. The van der Waals surface area contributed by atoms with Crippen molar-refractivity contribution in [3.63, 3.8) is 0 Å². The summed E-state index contributed by atoms with van der Waals surface area (Å²) in [5, 5.41) is 7.61. The minimum atomic E-state index is 0.0101. The molecule has 2 rings (SSSR count). The smallest absolute Gasteiger partial charge is 0.269 e. The molecule has 0 saturated carbocycles. The predicted molar refractivity (Wildman–Crippen MR) is 86.6 cm³/mol. The highest BCUT2D eigenvalue weighted by Gasteiger charge is 2.22. The van der Waals surface area contributed by atoms with Crippen molar-refractivity contribution >= 4 is 28.5 Å². The molecule has 0 radical (unpaired) electrons. The van der Waals surface area contributed by atoms with Gasteiger partial charge in [-0.05, 0) is 26.2 Å². The normalized spacial score (nSPS) is 17.2. The first-order valence-corrected chi connectivity index (χ1v) is 8.81. The Hall–Kier alpha value is -0.630. The molecule has 0 aliphatic carbocycles. The van der Waals surface area contributed by atoms with Gasteiger partial charge in [0.25, 0.3) is 5.91 Å². The first-order valence-electron chi connectivity index (χ1n) is 7.28. The van der Waals surface area contributed by atoms with Crippen molar-refractivity contribution in [3.05, 3.63) is 17.0 Å². The molecule has 5 nitrogen and oxygen atoms in total. The molecule has 1 aromatic rings. The number of ether oxygens (including phenoxy) is 1. The third-order valence-electron chi connectivity index (χ3n) is 3.45. The third kappa shape index (κ3) is 3.72. The van der Waals surface area contributed by atoms with E-state index in [0.717, 1.165) is 66.8 Å². The van der Waals surface area contributed by atoms with Crippen molar-refractivity contribution in [1.29, 1.82) is 0 Å². The Morgan fingerprint density at radius 3 is 2.95 bits per heavy atom. The molecule has 0 unspecified atom stereocenters. The van der Waals surface area contributed by atoms with Crippen LogP contribution >= 0.6 is 22.6 Å². The SMILES string of the molecule is CCn1nc(CCI)c2c1C(=O)NCCCOCCC2. The molecule has 0 saturated heterocycles. The van der Waals surface area contributed by atoms with E-state index in [9.17, 15) is 4.79 Å². The van der Waals surface area contributed by atoms with Gasteiger partial charge in [-0.25, -0.2) is 0 Å². The minimum absolute atomic E-state index is 0.0101. The Labute approximate surface area is 133 Å². The molecule has 1 aliphatic rings. The number of aromatic nitrogens is 2. The largest absolute Gasteiger partial charge is 0.381 e. The van der Waals surface area contributed by atoms with E-state index in [1.807, 2.05) is 11.6 Å². The number of hydrogen-bond acceptors (Lipinski definition) is 3. The fourth-order valence-electron chi connectivity index (χ4n) is 2.50. The lowest BCUT2D eigenvalue weighted by molar-refractivity contribution is 0.0934. The average Bonchev–Trinajstić information content (AvgIpc) is 2.77. The van der Waals surface area contributed by atoms with Crippen LogP contribution in [0.4, 0.5) is 0 Å². The fraction of sp³-hybridized carbons (Fsp3) is 0.714. The molecular weight excluding hydrogens is 369 g/mol. The molecule has 0 spiro atoms. The molecule has 112 valence electrons. The second-order valence-corrected chi connectivity index (χ2v) is 5.93. The predicted octanol–water partition coefficient (Wildman–Crippen LogP) is 1.96. The van der Waals surface area contributed by atoms with Gasteiger partial charge in [0.15, 0.2) is 0 Å². The van der Waals surface area contributed by atoms with Crippen LogP contribution in [0.3, 0.4) is 0 Å². The monoisotopic (exact) mass is 391 g/mol. The third-order valence-corrected chi connectivity index (χ3v) is 3.99. The van der Waals surface area contributed by atoms with Crippen LogP contribution in [0.1, 0.15) is 41.5 Å². The lowest BCUT2D eigenvalue weighted by Crippen LogP contribution is -2.28. The van der Waals surface area contributed by atoms with Crippen LogP contribution in [-0.4, -0.2) is 39.9 Å². The zero-order valence-corrected chi connectivity index (χ0v) is 14.1. The van der Waals surface area contributed by atoms with Crippen LogP contribution in [0.25, 0.3) is 0 Å². The van der Waals surface area contributed by atoms with E-state index in [1.54, 1.807) is 0 Å². The molecule has 6 heteroatoms. The number of nitrogens with zero attached hydrogens (tertiary/aromatic N) is 2. The Morgan fingerprint density at radius 1 is 1.40 bits per heavy atom. The molecule has 0 aromatic carbocycles. The van der Waals surface area contributed by atoms with Gasteiger partial charge < -0.3 is 10.1 Å². The topological polar surface area (TPSA) is 56.2 Å². The molecule has 20 heavy (non-hydrogen) atoms. The molecule has 1 N–H and O–H groups in total. The highest BCUT2D eigenvalue weighted by Crippen LogP contribution is 2.19. The van der Waals surface area contributed by atoms with E-state index in [0.29, 0.717) is 6.54 Å². The number of fused-ring (bicyclic) bond motifs is 1. The van der Waals surface area contributed by atoms with Gasteiger partial charge in [0, 0.05) is 42.7 Å². The maximum atomic E-state index is 12.4. The van der Waals surface area contributed by atoms with E-state index in [1.165, 1.54) is 0 Å². The van der Waals surface area contributed by atoms with E-state index >= 15 is 0 Å². The standard InChI is InChI=1S/C14H22IN3O2/c1-2-18-13-11(12(17-18)6-7-15)5-3-9-20-10-4-8-16-14(13)19/h2-10H2,1H3,(H,16,19). The zero-order valence-electron chi connectivity index (χ0n) is 12.0. The van der Waals surface area contributed by atoms with Crippen LogP contribution in [0.2, 0.25) is 0 Å². The van der Waals surface area contributed by atoms with Gasteiger partial charge in [-0.1, -0.05) is 22.6 Å². The van der Waals surface area contributed by atoms with E-state index in [4.69, 9.17) is 4.74 Å². The van der Waals surface area contributed by atoms with Gasteiger partial charge in [-0.2, -0.15) is 5.10 Å². The second kappa shape index (κ2) is 7.97. The molecule has 1 aliphatic heterocycles. The summed E-state index contributed by atoms with van der Waals surface area (Å²) in [6.07, 6.45) is 3.60. The van der Waals surface area contributed by atoms with Crippen LogP contribution < -0.4 is 5.32 Å². The number of carbonyl (C=O) groups is 1. The van der Waals surface area contributed by atoms with Crippen LogP contribution in [-0.2, 0) is 24.1 Å². The molecule has 0 bridgehead atoms. The summed E-state index contributed by atoms with van der Waals surface area (Å²) in [6, 6.07) is 0. The van der Waals surface area contributed by atoms with Crippen LogP contribution in [0.5, 0.6) is 0 Å². The Balaban J connectivity index is 2.35. The summed E-state index contributed by atoms with van der Waals surface area (Å²) >= 11 is 2.36. The molecule has 0 atom stereocenters. The van der Waals surface area contributed by atoms with Crippen LogP contribution in [0.15, 0.2) is 0 Å². The van der Waals surface area contributed by atoms with E-state index < -0.39 is 0 Å². The highest BCUT2D eigenvalue weighted by atomic mass is 127. The number of aryl methyl sites for hydroxylation is 2. The van der Waals surface area contributed by atoms with Gasteiger partial charge in [0.2, 0.25) is 0 Å². The number of rotatable bonds is 3. The van der Waals surface area contributed by atoms with Crippen molar-refractivity contribution in [3.8, 4) is 0 Å².